The SMILES string of the molecule is O=C(c1ccc(-c2ccc(Cl)cc2)cc1)C(O)O. The van der Waals surface area contributed by atoms with Crippen molar-refractivity contribution in [1.29, 1.82) is 0 Å². The van der Waals surface area contributed by atoms with E-state index < -0.39 is 12.1 Å². The largest absolute Gasteiger partial charge is 0.362 e. The smallest absolute Gasteiger partial charge is 0.218 e. The third-order valence-corrected chi connectivity index (χ3v) is 2.83. The highest BCUT2D eigenvalue weighted by molar-refractivity contribution is 6.30. The molecule has 0 amide bonds. The summed E-state index contributed by atoms with van der Waals surface area (Å²) in [5.41, 5.74) is 2.17. The topological polar surface area (TPSA) is 57.5 Å². The van der Waals surface area contributed by atoms with Crippen molar-refractivity contribution in [2.75, 3.05) is 0 Å². The second kappa shape index (κ2) is 5.31. The van der Waals surface area contributed by atoms with Gasteiger partial charge in [-0.05, 0) is 23.3 Å². The Labute approximate surface area is 109 Å². The van der Waals surface area contributed by atoms with Gasteiger partial charge in [0.25, 0.3) is 0 Å². The minimum atomic E-state index is -1.97. The van der Waals surface area contributed by atoms with Gasteiger partial charge < -0.3 is 10.2 Å². The Bertz CT molecular complexity index is 544. The van der Waals surface area contributed by atoms with E-state index in [0.717, 1.165) is 11.1 Å². The summed E-state index contributed by atoms with van der Waals surface area (Å²) in [6.45, 7) is 0. The maximum absolute atomic E-state index is 11.3. The molecule has 0 radical (unpaired) electrons. The summed E-state index contributed by atoms with van der Waals surface area (Å²) in [4.78, 5) is 11.3. The lowest BCUT2D eigenvalue weighted by Gasteiger charge is -2.05. The monoisotopic (exact) mass is 262 g/mol. The van der Waals surface area contributed by atoms with Gasteiger partial charge in [-0.2, -0.15) is 0 Å². The minimum Gasteiger partial charge on any atom is -0.362 e. The maximum atomic E-state index is 11.3. The van der Waals surface area contributed by atoms with E-state index >= 15 is 0 Å². The molecule has 0 unspecified atom stereocenters. The molecular weight excluding hydrogens is 252 g/mol. The highest BCUT2D eigenvalue weighted by Gasteiger charge is 2.13. The summed E-state index contributed by atoms with van der Waals surface area (Å²) in [7, 11) is 0. The van der Waals surface area contributed by atoms with Gasteiger partial charge in [0.2, 0.25) is 12.1 Å². The average molecular weight is 263 g/mol. The van der Waals surface area contributed by atoms with Crippen LogP contribution in [0.5, 0.6) is 0 Å². The van der Waals surface area contributed by atoms with E-state index in [2.05, 4.69) is 0 Å². The summed E-state index contributed by atoms with van der Waals surface area (Å²) in [5.74, 6) is -0.711. The Morgan fingerprint density at radius 1 is 0.889 bits per heavy atom. The summed E-state index contributed by atoms with van der Waals surface area (Å²) in [6.07, 6.45) is -1.97. The van der Waals surface area contributed by atoms with Crippen molar-refractivity contribution < 1.29 is 15.0 Å². The lowest BCUT2D eigenvalue weighted by molar-refractivity contribution is -0.0195. The predicted molar refractivity (Wildman–Crippen MR) is 69.4 cm³/mol. The number of ketones is 1. The van der Waals surface area contributed by atoms with Crippen LogP contribution < -0.4 is 0 Å². The molecule has 0 atom stereocenters. The lowest BCUT2D eigenvalue weighted by Crippen LogP contribution is -2.19. The number of Topliss-reactive ketones (excluding diaryl/α,β-unsaturated/α-hetero) is 1. The van der Waals surface area contributed by atoms with Gasteiger partial charge in [-0.1, -0.05) is 48.0 Å². The molecule has 0 bridgehead atoms. The Hall–Kier alpha value is -1.68. The Morgan fingerprint density at radius 3 is 1.78 bits per heavy atom. The van der Waals surface area contributed by atoms with Crippen LogP contribution in [0.25, 0.3) is 11.1 Å². The number of benzene rings is 2. The fourth-order valence-electron chi connectivity index (χ4n) is 1.62. The number of aliphatic hydroxyl groups is 2. The quantitative estimate of drug-likeness (QED) is 0.660. The molecule has 0 saturated carbocycles. The van der Waals surface area contributed by atoms with Crippen molar-refractivity contribution in [2.24, 2.45) is 0 Å². The molecule has 0 fully saturated rings. The molecule has 2 aromatic carbocycles. The van der Waals surface area contributed by atoms with E-state index in [1.54, 1.807) is 36.4 Å². The van der Waals surface area contributed by atoms with E-state index in [0.29, 0.717) is 5.02 Å². The van der Waals surface area contributed by atoms with E-state index in [1.165, 1.54) is 0 Å². The van der Waals surface area contributed by atoms with Gasteiger partial charge in [-0.25, -0.2) is 0 Å². The van der Waals surface area contributed by atoms with E-state index in [9.17, 15) is 4.79 Å². The van der Waals surface area contributed by atoms with Gasteiger partial charge in [0.1, 0.15) is 0 Å². The first-order valence-corrected chi connectivity index (χ1v) is 5.72. The molecule has 0 aliphatic heterocycles. The number of rotatable bonds is 3. The highest BCUT2D eigenvalue weighted by atomic mass is 35.5. The van der Waals surface area contributed by atoms with Gasteiger partial charge in [-0.3, -0.25) is 4.79 Å². The molecule has 0 spiro atoms. The van der Waals surface area contributed by atoms with E-state index in [4.69, 9.17) is 21.8 Å². The van der Waals surface area contributed by atoms with Crippen LogP contribution in [0.1, 0.15) is 10.4 Å². The van der Waals surface area contributed by atoms with Gasteiger partial charge in [0.15, 0.2) is 0 Å². The molecule has 0 heterocycles. The summed E-state index contributed by atoms with van der Waals surface area (Å²) < 4.78 is 0. The number of carbonyl (C=O) groups excluding carboxylic acids is 1. The first-order valence-electron chi connectivity index (χ1n) is 5.34. The van der Waals surface area contributed by atoms with Crippen molar-refractivity contribution in [3.05, 3.63) is 59.1 Å². The normalized spacial score (nSPS) is 10.7. The van der Waals surface area contributed by atoms with Gasteiger partial charge >= 0.3 is 0 Å². The van der Waals surface area contributed by atoms with Crippen molar-refractivity contribution in [3.63, 3.8) is 0 Å². The van der Waals surface area contributed by atoms with Crippen LogP contribution in [0, 0.1) is 0 Å². The fraction of sp³-hybridized carbons (Fsp3) is 0.0714. The number of hydrogen-bond donors (Lipinski definition) is 2. The standard InChI is InChI=1S/C14H11ClO3/c15-12-7-5-10(6-8-12)9-1-3-11(4-2-9)13(16)14(17)18/h1-8,14,17-18H. The van der Waals surface area contributed by atoms with Crippen LogP contribution in [-0.2, 0) is 0 Å². The van der Waals surface area contributed by atoms with Crippen molar-refractivity contribution >= 4 is 17.4 Å². The van der Waals surface area contributed by atoms with Crippen LogP contribution in [0.2, 0.25) is 5.02 Å². The second-order valence-corrected chi connectivity index (χ2v) is 4.26. The molecule has 18 heavy (non-hydrogen) atoms. The molecule has 2 aromatic rings. The zero-order chi connectivity index (χ0) is 13.1. The zero-order valence-corrected chi connectivity index (χ0v) is 10.1. The maximum Gasteiger partial charge on any atom is 0.218 e. The summed E-state index contributed by atoms with van der Waals surface area (Å²) >= 11 is 5.80. The molecule has 0 aliphatic carbocycles. The van der Waals surface area contributed by atoms with Crippen molar-refractivity contribution in [3.8, 4) is 11.1 Å². The van der Waals surface area contributed by atoms with E-state index in [-0.39, 0.29) is 5.56 Å². The number of aliphatic hydroxyl groups excluding tert-OH is 1. The van der Waals surface area contributed by atoms with Crippen LogP contribution in [0.3, 0.4) is 0 Å². The molecule has 0 aromatic heterocycles. The summed E-state index contributed by atoms with van der Waals surface area (Å²) in [6, 6.07) is 13.9. The van der Waals surface area contributed by atoms with Crippen molar-refractivity contribution in [2.45, 2.75) is 6.29 Å². The predicted octanol–water partition coefficient (Wildman–Crippen LogP) is 2.50. The van der Waals surface area contributed by atoms with Crippen LogP contribution in [-0.4, -0.2) is 22.3 Å². The second-order valence-electron chi connectivity index (χ2n) is 3.82. The minimum absolute atomic E-state index is 0.266. The van der Waals surface area contributed by atoms with Gasteiger partial charge in [0.05, 0.1) is 0 Å². The highest BCUT2D eigenvalue weighted by Crippen LogP contribution is 2.22. The van der Waals surface area contributed by atoms with Crippen LogP contribution >= 0.6 is 11.6 Å². The molecule has 0 saturated heterocycles. The molecule has 3 nitrogen and oxygen atoms in total. The number of hydrogen-bond acceptors (Lipinski definition) is 3. The third-order valence-electron chi connectivity index (χ3n) is 2.58. The Morgan fingerprint density at radius 2 is 1.33 bits per heavy atom. The Balaban J connectivity index is 2.27. The zero-order valence-electron chi connectivity index (χ0n) is 9.38. The fourth-order valence-corrected chi connectivity index (χ4v) is 1.74. The molecular formula is C14H11ClO3. The number of halogens is 1. The number of carbonyl (C=O) groups is 1. The van der Waals surface area contributed by atoms with Crippen LogP contribution in [0.4, 0.5) is 0 Å². The lowest BCUT2D eigenvalue weighted by atomic mass is 10.0. The molecule has 92 valence electrons. The molecule has 2 N–H and O–H groups in total. The van der Waals surface area contributed by atoms with E-state index in [1.807, 2.05) is 12.1 Å². The molecule has 4 heteroatoms. The average Bonchev–Trinajstić information content (AvgIpc) is 2.39. The molecule has 2 rings (SSSR count). The summed E-state index contributed by atoms with van der Waals surface area (Å²) in [5, 5.41) is 18.2. The van der Waals surface area contributed by atoms with Crippen LogP contribution in [0.15, 0.2) is 48.5 Å². The Kier molecular flexibility index (Phi) is 3.77. The van der Waals surface area contributed by atoms with Crippen molar-refractivity contribution in [1.82, 2.24) is 0 Å². The van der Waals surface area contributed by atoms with Gasteiger partial charge in [0, 0.05) is 10.6 Å². The first-order chi connectivity index (χ1) is 8.58. The third kappa shape index (κ3) is 2.76. The first kappa shape index (κ1) is 12.8. The van der Waals surface area contributed by atoms with Gasteiger partial charge in [-0.15, -0.1) is 0 Å². The molecule has 0 aliphatic rings.